The third-order valence-corrected chi connectivity index (χ3v) is 4.74. The Morgan fingerprint density at radius 1 is 1.19 bits per heavy atom. The van der Waals surface area contributed by atoms with E-state index in [1.165, 1.54) is 0 Å². The molecule has 0 spiro atoms. The molecule has 26 heavy (non-hydrogen) atoms. The fourth-order valence-corrected chi connectivity index (χ4v) is 3.48. The number of nitrogens with one attached hydrogen (secondary N) is 1. The molecule has 1 aromatic heterocycles. The summed E-state index contributed by atoms with van der Waals surface area (Å²) in [6.45, 7) is 3.59. The van der Waals surface area contributed by atoms with Crippen LogP contribution in [-0.2, 0) is 16.0 Å². The number of carbonyl (C=O) groups is 2. The van der Waals surface area contributed by atoms with Gasteiger partial charge < -0.3 is 9.64 Å². The zero-order valence-electron chi connectivity index (χ0n) is 14.6. The number of amides is 1. The number of nitrogens with zero attached hydrogens (tertiary/aromatic N) is 2. The molecule has 1 amide bonds. The lowest BCUT2D eigenvalue weighted by Crippen LogP contribution is -2.43. The molecule has 0 saturated carbocycles. The highest BCUT2D eigenvalue weighted by Gasteiger charge is 2.34. The van der Waals surface area contributed by atoms with Crippen LogP contribution < -0.4 is 4.90 Å². The van der Waals surface area contributed by atoms with Crippen molar-refractivity contribution in [3.05, 3.63) is 59.8 Å². The number of hydrogen-bond acceptors (Lipinski definition) is 4. The zero-order chi connectivity index (χ0) is 18.3. The third-order valence-electron chi connectivity index (χ3n) is 4.74. The molecule has 6 nitrogen and oxygen atoms in total. The van der Waals surface area contributed by atoms with E-state index in [4.69, 9.17) is 4.74 Å². The van der Waals surface area contributed by atoms with Crippen LogP contribution in [-0.4, -0.2) is 34.2 Å². The average Bonchev–Trinajstić information content (AvgIpc) is 3.21. The highest BCUT2D eigenvalue weighted by Crippen LogP contribution is 2.32. The molecule has 1 aliphatic heterocycles. The minimum atomic E-state index is -0.897. The van der Waals surface area contributed by atoms with Crippen molar-refractivity contribution in [2.24, 2.45) is 0 Å². The Labute approximate surface area is 150 Å². The lowest BCUT2D eigenvalue weighted by molar-refractivity contribution is -0.126. The molecule has 2 aromatic carbocycles. The van der Waals surface area contributed by atoms with Crippen LogP contribution in [0.4, 0.5) is 5.69 Å². The highest BCUT2D eigenvalue weighted by atomic mass is 16.5. The zero-order valence-corrected chi connectivity index (χ0v) is 14.6. The van der Waals surface area contributed by atoms with Crippen molar-refractivity contribution < 1.29 is 14.3 Å². The van der Waals surface area contributed by atoms with Gasteiger partial charge in [0.15, 0.2) is 11.8 Å². The molecule has 1 aliphatic rings. The molecule has 4 rings (SSSR count). The lowest BCUT2D eigenvalue weighted by Gasteiger charge is -2.25. The number of aromatic amines is 1. The number of benzene rings is 2. The number of ether oxygens (including phenoxy) is 1. The average molecular weight is 349 g/mol. The SMILES string of the molecule is C[C@@H](OC(=O)c1n[nH]c2ccccc12)C(=O)N1c2ccccc2C[C@@H]1C. The second-order valence-electron chi connectivity index (χ2n) is 6.56. The summed E-state index contributed by atoms with van der Waals surface area (Å²) in [7, 11) is 0. The van der Waals surface area contributed by atoms with Crippen molar-refractivity contribution in [2.45, 2.75) is 32.4 Å². The van der Waals surface area contributed by atoms with Gasteiger partial charge in [-0.2, -0.15) is 5.10 Å². The first-order chi connectivity index (χ1) is 12.6. The summed E-state index contributed by atoms with van der Waals surface area (Å²) in [5.74, 6) is -0.834. The fourth-order valence-electron chi connectivity index (χ4n) is 3.48. The van der Waals surface area contributed by atoms with Gasteiger partial charge in [-0.15, -0.1) is 0 Å². The van der Waals surface area contributed by atoms with Crippen LogP contribution in [0.3, 0.4) is 0 Å². The van der Waals surface area contributed by atoms with Crippen molar-refractivity contribution in [1.29, 1.82) is 0 Å². The topological polar surface area (TPSA) is 75.3 Å². The summed E-state index contributed by atoms with van der Waals surface area (Å²) in [5, 5.41) is 7.51. The molecule has 6 heteroatoms. The second-order valence-corrected chi connectivity index (χ2v) is 6.56. The summed E-state index contributed by atoms with van der Waals surface area (Å²) in [5.41, 5.74) is 2.96. The summed E-state index contributed by atoms with van der Waals surface area (Å²) >= 11 is 0. The van der Waals surface area contributed by atoms with Gasteiger partial charge in [-0.05, 0) is 38.0 Å². The quantitative estimate of drug-likeness (QED) is 0.737. The van der Waals surface area contributed by atoms with E-state index in [9.17, 15) is 9.59 Å². The molecule has 2 atom stereocenters. The number of H-pyrrole nitrogens is 1. The van der Waals surface area contributed by atoms with E-state index in [0.717, 1.165) is 23.2 Å². The van der Waals surface area contributed by atoms with Gasteiger partial charge in [0.1, 0.15) is 0 Å². The van der Waals surface area contributed by atoms with Crippen molar-refractivity contribution in [2.75, 3.05) is 4.90 Å². The molecular weight excluding hydrogens is 330 g/mol. The largest absolute Gasteiger partial charge is 0.448 e. The van der Waals surface area contributed by atoms with Crippen LogP contribution in [0.5, 0.6) is 0 Å². The van der Waals surface area contributed by atoms with Crippen LogP contribution >= 0.6 is 0 Å². The van der Waals surface area contributed by atoms with Crippen LogP contribution in [0.25, 0.3) is 10.9 Å². The molecule has 0 radical (unpaired) electrons. The number of carbonyl (C=O) groups excluding carboxylic acids is 2. The Morgan fingerprint density at radius 3 is 2.77 bits per heavy atom. The normalized spacial score (nSPS) is 17.2. The number of anilines is 1. The molecule has 0 aliphatic carbocycles. The fraction of sp³-hybridized carbons (Fsp3) is 0.250. The third kappa shape index (κ3) is 2.63. The van der Waals surface area contributed by atoms with E-state index in [0.29, 0.717) is 5.39 Å². The summed E-state index contributed by atoms with van der Waals surface area (Å²) < 4.78 is 5.43. The van der Waals surface area contributed by atoms with Crippen LogP contribution in [0.1, 0.15) is 29.9 Å². The van der Waals surface area contributed by atoms with E-state index in [1.54, 1.807) is 17.9 Å². The summed E-state index contributed by atoms with van der Waals surface area (Å²) in [4.78, 5) is 27.1. The van der Waals surface area contributed by atoms with E-state index in [1.807, 2.05) is 49.4 Å². The van der Waals surface area contributed by atoms with Crippen LogP contribution in [0.15, 0.2) is 48.5 Å². The Kier molecular flexibility index (Phi) is 3.95. The van der Waals surface area contributed by atoms with Gasteiger partial charge >= 0.3 is 5.97 Å². The van der Waals surface area contributed by atoms with Gasteiger partial charge in [-0.3, -0.25) is 9.89 Å². The monoisotopic (exact) mass is 349 g/mol. The Balaban J connectivity index is 1.54. The minimum absolute atomic E-state index is 0.0345. The predicted molar refractivity (Wildman–Crippen MR) is 98.1 cm³/mol. The van der Waals surface area contributed by atoms with Crippen molar-refractivity contribution in [1.82, 2.24) is 10.2 Å². The van der Waals surface area contributed by atoms with Crippen molar-refractivity contribution in [3.63, 3.8) is 0 Å². The molecule has 1 N–H and O–H groups in total. The molecule has 0 saturated heterocycles. The first-order valence-corrected chi connectivity index (χ1v) is 8.61. The maximum absolute atomic E-state index is 12.9. The van der Waals surface area contributed by atoms with Gasteiger partial charge in [0.05, 0.1) is 5.52 Å². The Hall–Kier alpha value is -3.15. The molecule has 132 valence electrons. The number of esters is 1. The number of hydrogen-bond donors (Lipinski definition) is 1. The van der Waals surface area contributed by atoms with Gasteiger partial charge in [0.25, 0.3) is 5.91 Å². The minimum Gasteiger partial charge on any atom is -0.448 e. The van der Waals surface area contributed by atoms with Gasteiger partial charge in [-0.1, -0.05) is 36.4 Å². The number of rotatable bonds is 3. The van der Waals surface area contributed by atoms with E-state index in [2.05, 4.69) is 10.2 Å². The summed E-state index contributed by atoms with van der Waals surface area (Å²) in [6, 6.07) is 15.2. The maximum Gasteiger partial charge on any atom is 0.360 e. The van der Waals surface area contributed by atoms with E-state index >= 15 is 0 Å². The van der Waals surface area contributed by atoms with Gasteiger partial charge in [0, 0.05) is 17.1 Å². The molecular formula is C20H19N3O3. The summed E-state index contributed by atoms with van der Waals surface area (Å²) in [6.07, 6.45) is -0.0985. The van der Waals surface area contributed by atoms with Crippen molar-refractivity contribution in [3.8, 4) is 0 Å². The Bertz CT molecular complexity index is 995. The van der Waals surface area contributed by atoms with Gasteiger partial charge in [-0.25, -0.2) is 4.79 Å². The molecule has 3 aromatic rings. The predicted octanol–water partition coefficient (Wildman–Crippen LogP) is 3.09. The van der Waals surface area contributed by atoms with Crippen molar-refractivity contribution >= 4 is 28.5 Å². The molecule has 0 bridgehead atoms. The molecule has 0 unspecified atom stereocenters. The first-order valence-electron chi connectivity index (χ1n) is 8.61. The standard InChI is InChI=1S/C20H19N3O3/c1-12-11-14-7-3-6-10-17(14)23(12)19(24)13(2)26-20(25)18-15-8-4-5-9-16(15)21-22-18/h3-10,12-13H,11H2,1-2H3,(H,21,22)/t12-,13+/m0/s1. The van der Waals surface area contributed by atoms with Gasteiger partial charge in [0.2, 0.25) is 0 Å². The first kappa shape index (κ1) is 16.3. The molecule has 2 heterocycles. The second kappa shape index (κ2) is 6.29. The van der Waals surface area contributed by atoms with Crippen LogP contribution in [0.2, 0.25) is 0 Å². The van der Waals surface area contributed by atoms with Crippen LogP contribution in [0, 0.1) is 0 Å². The number of aromatic nitrogens is 2. The Morgan fingerprint density at radius 2 is 1.92 bits per heavy atom. The highest BCUT2D eigenvalue weighted by molar-refractivity contribution is 6.04. The number of fused-ring (bicyclic) bond motifs is 2. The van der Waals surface area contributed by atoms with E-state index < -0.39 is 12.1 Å². The lowest BCUT2D eigenvalue weighted by atomic mass is 10.1. The molecule has 0 fully saturated rings. The van der Waals surface area contributed by atoms with E-state index in [-0.39, 0.29) is 17.6 Å². The maximum atomic E-state index is 12.9. The smallest absolute Gasteiger partial charge is 0.360 e. The number of para-hydroxylation sites is 2.